The molecule has 3 aliphatic rings. The number of carbonyl (C=O) groups excluding carboxylic acids is 2. The minimum Gasteiger partial charge on any atom is -0.462 e. The van der Waals surface area contributed by atoms with Crippen LogP contribution in [0, 0.1) is 22.7 Å². The fourth-order valence-corrected chi connectivity index (χ4v) is 9.15. The Morgan fingerprint density at radius 3 is 1.90 bits per heavy atom. The predicted octanol–water partition coefficient (Wildman–Crippen LogP) is 12.2. The molecule has 7 heteroatoms. The molecule has 0 bridgehead atoms. The molecule has 2 unspecified atom stereocenters. The molecular weight excluding hydrogens is 761 g/mol. The Labute approximate surface area is 369 Å². The molecule has 5 atom stereocenters. The van der Waals surface area contributed by atoms with Crippen molar-refractivity contribution >= 4 is 11.9 Å². The van der Waals surface area contributed by atoms with Crippen LogP contribution in [0.15, 0.2) is 100 Å². The van der Waals surface area contributed by atoms with Crippen LogP contribution in [-0.2, 0) is 23.8 Å². The van der Waals surface area contributed by atoms with Crippen molar-refractivity contribution < 1.29 is 34.0 Å². The lowest BCUT2D eigenvalue weighted by Crippen LogP contribution is -2.46. The highest BCUT2D eigenvalue weighted by atomic mass is 16.6. The average molecular weight is 839 g/mol. The molecule has 336 valence electrons. The highest BCUT2D eigenvalue weighted by Crippen LogP contribution is 2.65. The highest BCUT2D eigenvalue weighted by Gasteiger charge is 2.75. The Morgan fingerprint density at radius 2 is 1.33 bits per heavy atom. The molecule has 0 amide bonds. The molecule has 0 aromatic carbocycles. The average Bonchev–Trinajstić information content (AvgIpc) is 3.77. The number of unbranched alkanes of at least 4 members (excludes halogenated alkanes) is 8. The van der Waals surface area contributed by atoms with Gasteiger partial charge in [-0.15, -0.1) is 5.73 Å². The van der Waals surface area contributed by atoms with Gasteiger partial charge in [0, 0.05) is 42.7 Å². The van der Waals surface area contributed by atoms with E-state index in [1.165, 1.54) is 45.4 Å². The van der Waals surface area contributed by atoms with Crippen molar-refractivity contribution in [3.05, 3.63) is 100 Å². The van der Waals surface area contributed by atoms with Crippen LogP contribution in [0.3, 0.4) is 0 Å². The molecule has 0 radical (unpaired) electrons. The van der Waals surface area contributed by atoms with Gasteiger partial charge in [-0.3, -0.25) is 9.59 Å². The second kappa shape index (κ2) is 23.5. The molecule has 7 nitrogen and oxygen atoms in total. The number of fused-ring (bicyclic) bond motifs is 1. The first-order chi connectivity index (χ1) is 28.6. The van der Waals surface area contributed by atoms with Crippen LogP contribution in [0.1, 0.15) is 166 Å². The van der Waals surface area contributed by atoms with Gasteiger partial charge in [0.05, 0.1) is 11.7 Å². The van der Waals surface area contributed by atoms with E-state index in [1.807, 2.05) is 94.5 Å². The lowest BCUT2D eigenvalue weighted by molar-refractivity contribution is -0.152. The molecule has 0 aromatic rings. The van der Waals surface area contributed by atoms with E-state index in [4.69, 9.17) is 14.2 Å². The fraction of sp³-hybridized carbons (Fsp3) is 0.611. The summed E-state index contributed by atoms with van der Waals surface area (Å²) in [6, 6.07) is 0. The van der Waals surface area contributed by atoms with Crippen molar-refractivity contribution in [1.82, 2.24) is 0 Å². The number of esters is 2. The minimum atomic E-state index is -1.12. The van der Waals surface area contributed by atoms with Gasteiger partial charge in [0.1, 0.15) is 18.3 Å². The first kappa shape index (κ1) is 51.4. The third kappa shape index (κ3) is 16.4. The summed E-state index contributed by atoms with van der Waals surface area (Å²) in [5.74, 6) is 6.22. The second-order valence-electron chi connectivity index (χ2n) is 19.4. The van der Waals surface area contributed by atoms with E-state index in [2.05, 4.69) is 52.2 Å². The van der Waals surface area contributed by atoms with Crippen LogP contribution in [0.2, 0.25) is 0 Å². The Morgan fingerprint density at radius 1 is 0.754 bits per heavy atom. The Bertz CT molecular complexity index is 1840. The summed E-state index contributed by atoms with van der Waals surface area (Å²) in [6.45, 7) is 21.9. The van der Waals surface area contributed by atoms with Crippen LogP contribution in [-0.4, -0.2) is 57.8 Å². The fourth-order valence-electron chi connectivity index (χ4n) is 9.15. The van der Waals surface area contributed by atoms with Crippen LogP contribution >= 0.6 is 0 Å². The normalized spacial score (nSPS) is 27.7. The summed E-state index contributed by atoms with van der Waals surface area (Å²) in [4.78, 5) is 24.2. The molecule has 2 aliphatic carbocycles. The number of aliphatic hydroxyl groups is 2. The van der Waals surface area contributed by atoms with Crippen LogP contribution in [0.5, 0.6) is 0 Å². The monoisotopic (exact) mass is 839 g/mol. The summed E-state index contributed by atoms with van der Waals surface area (Å²) in [5, 5.41) is 21.7. The lowest BCUT2D eigenvalue weighted by atomic mass is 9.63. The summed E-state index contributed by atoms with van der Waals surface area (Å²) in [5.41, 5.74) is 5.05. The zero-order valence-corrected chi connectivity index (χ0v) is 39.5. The van der Waals surface area contributed by atoms with E-state index in [9.17, 15) is 19.8 Å². The molecule has 1 heterocycles. The van der Waals surface area contributed by atoms with Gasteiger partial charge in [-0.05, 0) is 77.0 Å². The number of epoxide rings is 1. The summed E-state index contributed by atoms with van der Waals surface area (Å²) in [6.07, 6.45) is 34.5. The van der Waals surface area contributed by atoms with Crippen molar-refractivity contribution in [2.24, 2.45) is 10.8 Å². The summed E-state index contributed by atoms with van der Waals surface area (Å²) in [7, 11) is 0. The maximum atomic E-state index is 12.7. The third-order valence-electron chi connectivity index (χ3n) is 12.2. The van der Waals surface area contributed by atoms with Crippen molar-refractivity contribution in [1.29, 1.82) is 0 Å². The van der Waals surface area contributed by atoms with Gasteiger partial charge in [0.15, 0.2) is 5.60 Å². The Hall–Kier alpha value is -3.92. The summed E-state index contributed by atoms with van der Waals surface area (Å²) >= 11 is 0. The van der Waals surface area contributed by atoms with Crippen LogP contribution in [0.25, 0.3) is 0 Å². The number of ether oxygens (including phenoxy) is 3. The molecule has 1 aliphatic heterocycles. The van der Waals surface area contributed by atoms with Crippen molar-refractivity contribution in [2.45, 2.75) is 195 Å². The van der Waals surface area contributed by atoms with Crippen LogP contribution in [0.4, 0.5) is 0 Å². The zero-order chi connectivity index (χ0) is 45.3. The number of hydrogen-bond acceptors (Lipinski definition) is 7. The van der Waals surface area contributed by atoms with Crippen molar-refractivity contribution in [2.75, 3.05) is 6.61 Å². The van der Waals surface area contributed by atoms with E-state index >= 15 is 0 Å². The van der Waals surface area contributed by atoms with E-state index in [0.717, 1.165) is 41.6 Å². The van der Waals surface area contributed by atoms with Crippen molar-refractivity contribution in [3.8, 4) is 11.8 Å². The minimum absolute atomic E-state index is 0.103. The molecule has 3 rings (SSSR count). The Balaban J connectivity index is 1.62. The summed E-state index contributed by atoms with van der Waals surface area (Å²) < 4.78 is 17.5. The molecule has 3 fully saturated rings. The van der Waals surface area contributed by atoms with Gasteiger partial charge in [-0.25, -0.2) is 0 Å². The molecular formula is C54H78O7. The number of hydrogen-bond donors (Lipinski definition) is 2. The van der Waals surface area contributed by atoms with Gasteiger partial charge in [0.2, 0.25) is 0 Å². The van der Waals surface area contributed by atoms with E-state index < -0.39 is 22.9 Å². The number of rotatable bonds is 20. The zero-order valence-electron chi connectivity index (χ0n) is 39.5. The van der Waals surface area contributed by atoms with E-state index in [1.54, 1.807) is 6.92 Å². The molecule has 61 heavy (non-hydrogen) atoms. The molecule has 0 aromatic heterocycles. The SMILES string of the molecule is CCCCCCCCCCCC(=O)OC\C(C#C[C@@]12O[C@]1(C)CC(O)CC2(C)C)=C/C=C/C(C)=C/C=C/C=C(C)/C=C/C=C(\C)C=C=C1C(C)(C)CC(OC(C)=O)C[C@@]1(C)O. The first-order valence-corrected chi connectivity index (χ1v) is 22.8. The van der Waals surface area contributed by atoms with Gasteiger partial charge < -0.3 is 24.4 Å². The number of aliphatic hydroxyl groups excluding tert-OH is 1. The lowest BCUT2D eigenvalue weighted by Gasteiger charge is -2.44. The molecule has 2 N–H and O–H groups in total. The van der Waals surface area contributed by atoms with E-state index in [-0.39, 0.29) is 35.5 Å². The largest absolute Gasteiger partial charge is 0.462 e. The smallest absolute Gasteiger partial charge is 0.306 e. The maximum Gasteiger partial charge on any atom is 0.306 e. The first-order valence-electron chi connectivity index (χ1n) is 22.8. The predicted molar refractivity (Wildman–Crippen MR) is 249 cm³/mol. The van der Waals surface area contributed by atoms with Gasteiger partial charge in [0.25, 0.3) is 0 Å². The second-order valence-corrected chi connectivity index (χ2v) is 19.4. The highest BCUT2D eigenvalue weighted by molar-refractivity contribution is 5.69. The standard InChI is InChI=1S/C54H78O7/c1-12-13-14-15-16-17-18-19-20-31-49(57)59-40-45(34-35-54-51(8,9)36-46(56)37-53(54,11)61-54)30-24-29-42(3)26-22-21-25-41(2)27-23-28-43(4)32-33-48-50(6,7)38-47(60-44(5)55)39-52(48,10)58/h21-30,32,46-47,56,58H,12-20,31,36-40H2,1-11H3/b22-21+,27-23+,29-24+,41-25+,42-26+,43-28+,45-30-/t33?,46?,47?,52-,53-,54+/m1/s1. The van der Waals surface area contributed by atoms with Gasteiger partial charge in [-0.1, -0.05) is 164 Å². The van der Waals surface area contributed by atoms with Crippen molar-refractivity contribution in [3.63, 3.8) is 0 Å². The Kier molecular flexibility index (Phi) is 19.8. The molecule has 2 saturated carbocycles. The number of carbonyl (C=O) groups is 2. The van der Waals surface area contributed by atoms with Gasteiger partial charge in [-0.2, -0.15) is 0 Å². The quantitative estimate of drug-likeness (QED) is 0.0314. The van der Waals surface area contributed by atoms with Gasteiger partial charge >= 0.3 is 11.9 Å². The van der Waals surface area contributed by atoms with E-state index in [0.29, 0.717) is 37.7 Å². The third-order valence-corrected chi connectivity index (χ3v) is 12.2. The molecule has 0 spiro atoms. The molecule has 1 saturated heterocycles. The van der Waals surface area contributed by atoms with Crippen LogP contribution < -0.4 is 0 Å². The number of allylic oxidation sites excluding steroid dienone is 13. The maximum absolute atomic E-state index is 12.7. The topological polar surface area (TPSA) is 106 Å².